The molecule has 3 N–H and O–H groups in total. The molecule has 2 saturated heterocycles. The molecule has 5 aliphatic rings. The van der Waals surface area contributed by atoms with Crippen LogP contribution in [-0.4, -0.2) is 88.0 Å². The second-order valence-corrected chi connectivity index (χ2v) is 16.4. The molecule has 1 aromatic carbocycles. The van der Waals surface area contributed by atoms with Gasteiger partial charge in [0.05, 0.1) is 35.9 Å². The minimum absolute atomic E-state index is 0.000391. The number of nitrogens with zero attached hydrogens (tertiary/aromatic N) is 2. The zero-order chi connectivity index (χ0) is 36.1. The summed E-state index contributed by atoms with van der Waals surface area (Å²) in [5.41, 5.74) is 1.09. The normalized spacial score (nSPS) is 30.9. The van der Waals surface area contributed by atoms with Gasteiger partial charge in [0.1, 0.15) is 12.1 Å². The van der Waals surface area contributed by atoms with Crippen molar-refractivity contribution in [2.24, 2.45) is 22.4 Å². The number of amides is 4. The number of nitrogens with one attached hydrogen (secondary N) is 3. The van der Waals surface area contributed by atoms with Crippen LogP contribution in [0, 0.1) is 24.2 Å². The SMILES string of the molecule is CCC[C@H](NC(=O)[C@@H]1C[C@]23ON=C(c4cccc(C)c4)C2C3N1C(=O)[C@@H](NC(=O)CC1C[C@@H](C)O[C@H](C)C1)C(C)(C)C)C(=O)C(=O)NC1CC1. The van der Waals surface area contributed by atoms with Crippen molar-refractivity contribution in [2.45, 2.75) is 148 Å². The molecule has 12 heteroatoms. The topological polar surface area (TPSA) is 156 Å². The first-order chi connectivity index (χ1) is 23.6. The Morgan fingerprint density at radius 2 is 1.76 bits per heavy atom. The van der Waals surface area contributed by atoms with Crippen LogP contribution in [0.2, 0.25) is 0 Å². The molecule has 12 nitrogen and oxygen atoms in total. The quantitative estimate of drug-likeness (QED) is 0.284. The van der Waals surface area contributed by atoms with E-state index in [-0.39, 0.29) is 61.2 Å². The number of aryl methyl sites for hydroxylation is 1. The summed E-state index contributed by atoms with van der Waals surface area (Å²) in [5.74, 6) is -2.64. The van der Waals surface area contributed by atoms with Gasteiger partial charge in [-0.2, -0.15) is 0 Å². The molecule has 6 rings (SSSR count). The van der Waals surface area contributed by atoms with E-state index in [1.807, 2.05) is 72.7 Å². The van der Waals surface area contributed by atoms with Crippen molar-refractivity contribution >= 4 is 35.1 Å². The number of hydrogen-bond donors (Lipinski definition) is 3. The number of oxime groups is 1. The van der Waals surface area contributed by atoms with Crippen molar-refractivity contribution in [1.29, 1.82) is 0 Å². The summed E-state index contributed by atoms with van der Waals surface area (Å²) in [6.07, 6.45) is 4.59. The number of carbonyl (C=O) groups is 5. The average molecular weight is 692 g/mol. The highest BCUT2D eigenvalue weighted by Crippen LogP contribution is 2.64. The van der Waals surface area contributed by atoms with Gasteiger partial charge in [0.2, 0.25) is 23.5 Å². The number of fused-ring (bicyclic) bond motifs is 1. The Kier molecular flexibility index (Phi) is 9.89. The number of ketones is 1. The van der Waals surface area contributed by atoms with Crippen LogP contribution < -0.4 is 16.0 Å². The number of rotatable bonds is 12. The zero-order valence-electron chi connectivity index (χ0n) is 30.4. The lowest BCUT2D eigenvalue weighted by Crippen LogP contribution is -2.60. The van der Waals surface area contributed by atoms with Crippen molar-refractivity contribution < 1.29 is 33.5 Å². The number of ether oxygens (including phenoxy) is 1. The fraction of sp³-hybridized carbons (Fsp3) is 0.684. The van der Waals surface area contributed by atoms with Gasteiger partial charge in [-0.3, -0.25) is 24.0 Å². The lowest BCUT2D eigenvalue weighted by atomic mass is 9.84. The van der Waals surface area contributed by atoms with Gasteiger partial charge in [0.25, 0.3) is 5.91 Å². The maximum absolute atomic E-state index is 14.9. The number of piperidine rings is 1. The molecule has 1 spiro atoms. The Bertz CT molecular complexity index is 1560. The van der Waals surface area contributed by atoms with E-state index in [0.29, 0.717) is 6.42 Å². The van der Waals surface area contributed by atoms with Crippen molar-refractivity contribution in [3.05, 3.63) is 35.4 Å². The molecular weight excluding hydrogens is 638 g/mol. The Hall–Kier alpha value is -3.80. The minimum atomic E-state index is -1.03. The van der Waals surface area contributed by atoms with E-state index in [1.54, 1.807) is 4.90 Å². The standard InChI is InChI=1S/C38H53N5O7/c1-8-10-26(31(45)35(47)39-25-13-14-25)40-34(46)27-19-38-29(30(42-50-38)24-12-9-11-20(2)15-24)33(38)43(27)36(48)32(37(5,6)7)41-28(44)18-23-16-21(3)49-22(4)17-23/h9,11-12,15,21-23,25-27,29,32-33H,8,10,13-14,16-19H2,1-7H3,(H,39,47)(H,40,46)(H,41,44)/t21-,22-,26+,27+,29?,32-,33?,38+/m1/s1. The first-order valence-corrected chi connectivity index (χ1v) is 18.4. The van der Waals surface area contributed by atoms with Crippen LogP contribution in [0.15, 0.2) is 29.4 Å². The molecule has 272 valence electrons. The largest absolute Gasteiger partial charge is 0.386 e. The third-order valence-electron chi connectivity index (χ3n) is 10.9. The molecule has 2 saturated carbocycles. The molecule has 1 aromatic rings. The fourth-order valence-corrected chi connectivity index (χ4v) is 8.36. The van der Waals surface area contributed by atoms with E-state index in [2.05, 4.69) is 21.1 Å². The first kappa shape index (κ1) is 36.0. The second kappa shape index (κ2) is 13.7. The van der Waals surface area contributed by atoms with Gasteiger partial charge in [-0.1, -0.05) is 69.1 Å². The molecule has 2 aliphatic carbocycles. The molecule has 2 unspecified atom stereocenters. The molecule has 0 radical (unpaired) electrons. The molecule has 0 aromatic heterocycles. The second-order valence-electron chi connectivity index (χ2n) is 16.4. The van der Waals surface area contributed by atoms with Gasteiger partial charge >= 0.3 is 0 Å². The minimum Gasteiger partial charge on any atom is -0.386 e. The lowest BCUT2D eigenvalue weighted by Gasteiger charge is -2.37. The van der Waals surface area contributed by atoms with Gasteiger partial charge < -0.3 is 30.4 Å². The average Bonchev–Trinajstić information content (AvgIpc) is 3.88. The lowest BCUT2D eigenvalue weighted by molar-refractivity contribution is -0.146. The van der Waals surface area contributed by atoms with E-state index in [1.165, 1.54) is 0 Å². The van der Waals surface area contributed by atoms with E-state index < -0.39 is 52.8 Å². The monoisotopic (exact) mass is 691 g/mol. The Labute approximate surface area is 294 Å². The van der Waals surface area contributed by atoms with Crippen molar-refractivity contribution in [3.63, 3.8) is 0 Å². The molecule has 3 aliphatic heterocycles. The van der Waals surface area contributed by atoms with Crippen molar-refractivity contribution in [3.8, 4) is 0 Å². The predicted molar refractivity (Wildman–Crippen MR) is 186 cm³/mol. The maximum Gasteiger partial charge on any atom is 0.289 e. The number of Topliss-reactive ketones (excluding diaryl/α,β-unsaturated/α-hetero) is 1. The third kappa shape index (κ3) is 7.18. The van der Waals surface area contributed by atoms with Crippen LogP contribution in [0.1, 0.15) is 104 Å². The molecule has 3 heterocycles. The van der Waals surface area contributed by atoms with Crippen LogP contribution >= 0.6 is 0 Å². The highest BCUT2D eigenvalue weighted by Gasteiger charge is 2.82. The number of hydrogen-bond acceptors (Lipinski definition) is 8. The Balaban J connectivity index is 1.26. The number of carbonyl (C=O) groups excluding carboxylic acids is 5. The van der Waals surface area contributed by atoms with Gasteiger partial charge in [-0.15, -0.1) is 0 Å². The van der Waals surface area contributed by atoms with Crippen LogP contribution in [0.5, 0.6) is 0 Å². The molecule has 8 atom stereocenters. The maximum atomic E-state index is 14.9. The van der Waals surface area contributed by atoms with Crippen molar-refractivity contribution in [1.82, 2.24) is 20.9 Å². The summed E-state index contributed by atoms with van der Waals surface area (Å²) in [6.45, 7) is 13.6. The molecule has 4 amide bonds. The smallest absolute Gasteiger partial charge is 0.289 e. The van der Waals surface area contributed by atoms with Gasteiger partial charge in [-0.25, -0.2) is 0 Å². The van der Waals surface area contributed by atoms with Crippen molar-refractivity contribution in [2.75, 3.05) is 0 Å². The van der Waals surface area contributed by atoms with E-state index in [9.17, 15) is 24.0 Å². The summed E-state index contributed by atoms with van der Waals surface area (Å²) in [5, 5.41) is 13.1. The highest BCUT2D eigenvalue weighted by atomic mass is 16.7. The Morgan fingerprint density at radius 1 is 1.06 bits per heavy atom. The Morgan fingerprint density at radius 3 is 2.38 bits per heavy atom. The summed E-state index contributed by atoms with van der Waals surface area (Å²) in [7, 11) is 0. The van der Waals surface area contributed by atoms with Gasteiger partial charge in [0.15, 0.2) is 5.60 Å². The molecule has 4 fully saturated rings. The van der Waals surface area contributed by atoms with Crippen LogP contribution in [-0.2, 0) is 33.5 Å². The fourth-order valence-electron chi connectivity index (χ4n) is 8.36. The number of benzene rings is 1. The third-order valence-corrected chi connectivity index (χ3v) is 10.9. The van der Waals surface area contributed by atoms with Gasteiger partial charge in [0, 0.05) is 24.4 Å². The van der Waals surface area contributed by atoms with Crippen LogP contribution in [0.25, 0.3) is 0 Å². The van der Waals surface area contributed by atoms with E-state index in [0.717, 1.165) is 42.5 Å². The molecule has 50 heavy (non-hydrogen) atoms. The molecule has 0 bridgehead atoms. The first-order valence-electron chi connectivity index (χ1n) is 18.4. The van der Waals surface area contributed by atoms with E-state index >= 15 is 0 Å². The van der Waals surface area contributed by atoms with Crippen LogP contribution in [0.3, 0.4) is 0 Å². The summed E-state index contributed by atoms with van der Waals surface area (Å²) in [6, 6.07) is 4.48. The predicted octanol–water partition coefficient (Wildman–Crippen LogP) is 3.32. The van der Waals surface area contributed by atoms with Gasteiger partial charge in [-0.05, 0) is 64.2 Å². The zero-order valence-corrected chi connectivity index (χ0v) is 30.4. The summed E-state index contributed by atoms with van der Waals surface area (Å²) in [4.78, 5) is 76.3. The summed E-state index contributed by atoms with van der Waals surface area (Å²) < 4.78 is 5.87. The highest BCUT2D eigenvalue weighted by molar-refractivity contribution is 6.38. The van der Waals surface area contributed by atoms with Crippen LogP contribution in [0.4, 0.5) is 0 Å². The number of likely N-dealkylation sites (tertiary alicyclic amines) is 1. The molecular formula is C38H53N5O7. The van der Waals surface area contributed by atoms with E-state index in [4.69, 9.17) is 9.57 Å². The summed E-state index contributed by atoms with van der Waals surface area (Å²) >= 11 is 0.